The molecule has 7 aromatic rings. The highest BCUT2D eigenvalue weighted by Gasteiger charge is 2.19. The van der Waals surface area contributed by atoms with Gasteiger partial charge in [-0.05, 0) is 34.4 Å². The number of furan rings is 1. The molecule has 0 aliphatic heterocycles. The zero-order valence-electron chi connectivity index (χ0n) is 15.0. The Labute approximate surface area is 160 Å². The molecule has 5 aromatic carbocycles. The van der Waals surface area contributed by atoms with E-state index in [1.807, 2.05) is 0 Å². The van der Waals surface area contributed by atoms with Gasteiger partial charge in [0.25, 0.3) is 0 Å². The molecule has 0 aliphatic carbocycles. The SMILES string of the molecule is c1ccc2c(c1)[nH]c1ccc3oc4c5ccccc5c5ccccc5c4c3c12. The molecular weight excluding hydrogens is 342 g/mol. The average Bonchev–Trinajstić information content (AvgIpc) is 3.32. The molecule has 0 fully saturated rings. The summed E-state index contributed by atoms with van der Waals surface area (Å²) in [6.45, 7) is 0. The van der Waals surface area contributed by atoms with E-state index < -0.39 is 0 Å². The van der Waals surface area contributed by atoms with Crippen LogP contribution in [0.15, 0.2) is 89.3 Å². The smallest absolute Gasteiger partial charge is 0.143 e. The van der Waals surface area contributed by atoms with Crippen LogP contribution in [0, 0.1) is 0 Å². The summed E-state index contributed by atoms with van der Waals surface area (Å²) in [6, 6.07) is 29.9. The van der Waals surface area contributed by atoms with Gasteiger partial charge in [-0.1, -0.05) is 66.7 Å². The summed E-state index contributed by atoms with van der Waals surface area (Å²) >= 11 is 0. The highest BCUT2D eigenvalue weighted by Crippen LogP contribution is 2.44. The predicted octanol–water partition coefficient (Wildman–Crippen LogP) is 7.53. The molecule has 2 aromatic heterocycles. The summed E-state index contributed by atoms with van der Waals surface area (Å²) < 4.78 is 6.49. The minimum atomic E-state index is 0.939. The van der Waals surface area contributed by atoms with Gasteiger partial charge in [-0.25, -0.2) is 0 Å². The number of benzene rings is 5. The lowest BCUT2D eigenvalue weighted by Gasteiger charge is -2.06. The molecule has 0 spiro atoms. The van der Waals surface area contributed by atoms with Crippen LogP contribution >= 0.6 is 0 Å². The minimum absolute atomic E-state index is 0.939. The molecule has 0 atom stereocenters. The van der Waals surface area contributed by atoms with Crippen molar-refractivity contribution in [1.29, 1.82) is 0 Å². The van der Waals surface area contributed by atoms with E-state index in [1.54, 1.807) is 0 Å². The zero-order chi connectivity index (χ0) is 18.2. The molecule has 0 amide bonds. The summed E-state index contributed by atoms with van der Waals surface area (Å²) in [5.74, 6) is 0. The third-order valence-corrected chi connectivity index (χ3v) is 5.98. The van der Waals surface area contributed by atoms with Crippen molar-refractivity contribution >= 4 is 65.3 Å². The van der Waals surface area contributed by atoms with E-state index in [2.05, 4.69) is 89.9 Å². The van der Waals surface area contributed by atoms with E-state index in [4.69, 9.17) is 4.42 Å². The maximum Gasteiger partial charge on any atom is 0.143 e. The molecule has 2 nitrogen and oxygen atoms in total. The number of hydrogen-bond acceptors (Lipinski definition) is 1. The number of nitrogens with one attached hydrogen (secondary N) is 1. The first-order chi connectivity index (χ1) is 13.9. The largest absolute Gasteiger partial charge is 0.455 e. The molecule has 0 radical (unpaired) electrons. The van der Waals surface area contributed by atoms with E-state index in [0.29, 0.717) is 0 Å². The minimum Gasteiger partial charge on any atom is -0.455 e. The van der Waals surface area contributed by atoms with Crippen LogP contribution < -0.4 is 0 Å². The van der Waals surface area contributed by atoms with Gasteiger partial charge >= 0.3 is 0 Å². The van der Waals surface area contributed by atoms with Crippen LogP contribution in [0.1, 0.15) is 0 Å². The Morgan fingerprint density at radius 2 is 1.11 bits per heavy atom. The van der Waals surface area contributed by atoms with Crippen molar-refractivity contribution < 1.29 is 4.42 Å². The van der Waals surface area contributed by atoms with E-state index in [9.17, 15) is 0 Å². The first kappa shape index (κ1) is 14.3. The number of rotatable bonds is 0. The molecule has 0 aliphatic rings. The van der Waals surface area contributed by atoms with Crippen LogP contribution in [0.25, 0.3) is 65.3 Å². The molecule has 0 bridgehead atoms. The molecule has 2 heteroatoms. The van der Waals surface area contributed by atoms with Gasteiger partial charge in [-0.2, -0.15) is 0 Å². The van der Waals surface area contributed by atoms with Gasteiger partial charge < -0.3 is 9.40 Å². The third kappa shape index (κ3) is 1.64. The molecule has 0 saturated carbocycles. The van der Waals surface area contributed by atoms with Gasteiger partial charge in [0.1, 0.15) is 11.2 Å². The van der Waals surface area contributed by atoms with Crippen molar-refractivity contribution in [2.24, 2.45) is 0 Å². The third-order valence-electron chi connectivity index (χ3n) is 5.98. The monoisotopic (exact) mass is 357 g/mol. The second-order valence-electron chi connectivity index (χ2n) is 7.43. The van der Waals surface area contributed by atoms with E-state index in [0.717, 1.165) is 22.2 Å². The maximum atomic E-state index is 6.49. The summed E-state index contributed by atoms with van der Waals surface area (Å²) in [7, 11) is 0. The molecule has 2 heterocycles. The second kappa shape index (κ2) is 4.93. The van der Waals surface area contributed by atoms with E-state index in [1.165, 1.54) is 43.1 Å². The Kier molecular flexibility index (Phi) is 2.52. The van der Waals surface area contributed by atoms with Crippen molar-refractivity contribution in [3.63, 3.8) is 0 Å². The van der Waals surface area contributed by atoms with Crippen LogP contribution in [-0.2, 0) is 0 Å². The number of hydrogen-bond donors (Lipinski definition) is 1. The standard InChI is InChI=1S/C26H15NO/c1-3-9-17-15(7-1)16-8-2-4-10-18(16)26-24(17)25-22(28-26)14-13-21-23(25)19-11-5-6-12-20(19)27-21/h1-14,27H. The Hall–Kier alpha value is -3.78. The van der Waals surface area contributed by atoms with Gasteiger partial charge in [0.2, 0.25) is 0 Å². The van der Waals surface area contributed by atoms with Gasteiger partial charge in [0.15, 0.2) is 0 Å². The Morgan fingerprint density at radius 3 is 1.93 bits per heavy atom. The fraction of sp³-hybridized carbons (Fsp3) is 0. The van der Waals surface area contributed by atoms with E-state index >= 15 is 0 Å². The topological polar surface area (TPSA) is 28.9 Å². The molecule has 130 valence electrons. The van der Waals surface area contributed by atoms with Gasteiger partial charge in [-0.15, -0.1) is 0 Å². The van der Waals surface area contributed by atoms with Crippen molar-refractivity contribution in [2.45, 2.75) is 0 Å². The molecule has 0 saturated heterocycles. The normalized spacial score (nSPS) is 12.3. The highest BCUT2D eigenvalue weighted by molar-refractivity contribution is 6.36. The summed E-state index contributed by atoms with van der Waals surface area (Å²) in [5, 5.41) is 9.81. The fourth-order valence-electron chi connectivity index (χ4n) is 4.83. The Morgan fingerprint density at radius 1 is 0.464 bits per heavy atom. The highest BCUT2D eigenvalue weighted by atomic mass is 16.3. The second-order valence-corrected chi connectivity index (χ2v) is 7.43. The molecule has 0 unspecified atom stereocenters. The van der Waals surface area contributed by atoms with Crippen LogP contribution in [0.2, 0.25) is 0 Å². The molecule has 1 N–H and O–H groups in total. The summed E-state index contributed by atoms with van der Waals surface area (Å²) in [4.78, 5) is 3.57. The number of aromatic nitrogens is 1. The Bertz CT molecular complexity index is 1720. The number of para-hydroxylation sites is 1. The molecular formula is C26H15NO. The number of H-pyrrole nitrogens is 1. The van der Waals surface area contributed by atoms with E-state index in [-0.39, 0.29) is 0 Å². The molecule has 28 heavy (non-hydrogen) atoms. The van der Waals surface area contributed by atoms with Crippen molar-refractivity contribution in [3.05, 3.63) is 84.9 Å². The lowest BCUT2D eigenvalue weighted by molar-refractivity contribution is 0.673. The van der Waals surface area contributed by atoms with Gasteiger partial charge in [0, 0.05) is 38.0 Å². The quantitative estimate of drug-likeness (QED) is 0.279. The van der Waals surface area contributed by atoms with Crippen LogP contribution in [-0.4, -0.2) is 4.98 Å². The average molecular weight is 357 g/mol. The van der Waals surface area contributed by atoms with Crippen molar-refractivity contribution in [1.82, 2.24) is 4.98 Å². The summed E-state index contributed by atoms with van der Waals surface area (Å²) in [5.41, 5.74) is 4.22. The van der Waals surface area contributed by atoms with Gasteiger partial charge in [0.05, 0.1) is 0 Å². The zero-order valence-corrected chi connectivity index (χ0v) is 15.0. The van der Waals surface area contributed by atoms with Crippen molar-refractivity contribution in [3.8, 4) is 0 Å². The van der Waals surface area contributed by atoms with Crippen LogP contribution in [0.4, 0.5) is 0 Å². The predicted molar refractivity (Wildman–Crippen MR) is 118 cm³/mol. The summed E-state index contributed by atoms with van der Waals surface area (Å²) in [6.07, 6.45) is 0. The maximum absolute atomic E-state index is 6.49. The number of fused-ring (bicyclic) bond motifs is 12. The lowest BCUT2D eigenvalue weighted by Crippen LogP contribution is -1.80. The first-order valence-electron chi connectivity index (χ1n) is 9.55. The van der Waals surface area contributed by atoms with Crippen molar-refractivity contribution in [2.75, 3.05) is 0 Å². The fourth-order valence-corrected chi connectivity index (χ4v) is 4.83. The van der Waals surface area contributed by atoms with Crippen LogP contribution in [0.5, 0.6) is 0 Å². The van der Waals surface area contributed by atoms with Crippen LogP contribution in [0.3, 0.4) is 0 Å². The van der Waals surface area contributed by atoms with Gasteiger partial charge in [-0.3, -0.25) is 0 Å². The first-order valence-corrected chi connectivity index (χ1v) is 9.55. The Balaban J connectivity index is 1.90. The lowest BCUT2D eigenvalue weighted by atomic mass is 9.95. The number of aromatic amines is 1. The molecule has 7 rings (SSSR count).